The van der Waals surface area contributed by atoms with Crippen LogP contribution >= 0.6 is 15.6 Å². The molecule has 78 heavy (non-hydrogen) atoms. The molecule has 0 aliphatic heterocycles. The van der Waals surface area contributed by atoms with Crippen molar-refractivity contribution in [3.8, 4) is 0 Å². The summed E-state index contributed by atoms with van der Waals surface area (Å²) >= 11 is 0. The second-order valence-corrected chi connectivity index (χ2v) is 25.2. The number of ether oxygens (including phenoxy) is 4. The number of aliphatic hydroxyl groups is 1. The van der Waals surface area contributed by atoms with Gasteiger partial charge in [-0.05, 0) is 37.5 Å². The standard InChI is InChI=1S/C59H114O17P2/c1-7-9-11-13-14-15-16-17-20-23-30-36-42-57(62)70-48-55(75-58(63)43-37-31-24-21-18-19-22-28-33-39-51(3)4)50-74-78(67,68)72-46-53(60)45-71-77(65,66)73-49-54(47-69-56(61)41-35-27-12-10-8-2)76-59(64)44-38-32-26-25-29-34-40-52(5)6/h51-55,60H,7-50H2,1-6H3,(H,65,66)(H,67,68)/t53-,54+,55+/m0/s1. The molecule has 0 aliphatic rings. The molecule has 462 valence electrons. The average Bonchev–Trinajstić information content (AvgIpc) is 3.39. The third kappa shape index (κ3) is 53.4. The summed E-state index contributed by atoms with van der Waals surface area (Å²) in [5.41, 5.74) is 0. The number of unbranched alkanes of at least 4 members (excludes halogenated alkanes) is 28. The molecule has 0 aromatic carbocycles. The minimum atomic E-state index is -4.94. The van der Waals surface area contributed by atoms with Crippen LogP contribution in [0, 0.1) is 11.8 Å². The van der Waals surface area contributed by atoms with Crippen LogP contribution in [0.1, 0.15) is 286 Å². The lowest BCUT2D eigenvalue weighted by Gasteiger charge is -2.21. The zero-order valence-electron chi connectivity index (χ0n) is 50.0. The van der Waals surface area contributed by atoms with Crippen molar-refractivity contribution in [2.24, 2.45) is 11.8 Å². The molecule has 0 saturated heterocycles. The summed E-state index contributed by atoms with van der Waals surface area (Å²) in [5, 5.41) is 10.5. The van der Waals surface area contributed by atoms with Gasteiger partial charge in [0.15, 0.2) is 12.2 Å². The molecule has 0 aliphatic carbocycles. The van der Waals surface area contributed by atoms with E-state index in [4.69, 9.17) is 37.0 Å². The molecule has 19 heteroatoms. The van der Waals surface area contributed by atoms with Crippen molar-refractivity contribution in [2.45, 2.75) is 304 Å². The second-order valence-electron chi connectivity index (χ2n) is 22.3. The van der Waals surface area contributed by atoms with Crippen molar-refractivity contribution in [1.29, 1.82) is 0 Å². The summed E-state index contributed by atoms with van der Waals surface area (Å²) in [4.78, 5) is 71.7. The highest BCUT2D eigenvalue weighted by atomic mass is 31.2. The monoisotopic (exact) mass is 1160 g/mol. The van der Waals surface area contributed by atoms with Crippen LogP contribution in [0.3, 0.4) is 0 Å². The Balaban J connectivity index is 5.19. The maximum absolute atomic E-state index is 12.9. The summed E-state index contributed by atoms with van der Waals surface area (Å²) < 4.78 is 67.6. The van der Waals surface area contributed by atoms with Gasteiger partial charge in [0.05, 0.1) is 26.4 Å². The van der Waals surface area contributed by atoms with E-state index in [9.17, 15) is 43.2 Å². The first-order valence-electron chi connectivity index (χ1n) is 31.0. The van der Waals surface area contributed by atoms with E-state index in [1.165, 1.54) is 96.3 Å². The summed E-state index contributed by atoms with van der Waals surface area (Å²) in [6.07, 6.45) is 32.6. The SMILES string of the molecule is CCCCCCCCCCCCCCC(=O)OC[C@H](COP(=O)(O)OC[C@@H](O)COP(=O)(O)OC[C@@H](COC(=O)CCCCCCC)OC(=O)CCCCCCCCC(C)C)OC(=O)CCCCCCCCCCCC(C)C. The lowest BCUT2D eigenvalue weighted by atomic mass is 10.0. The molecule has 5 atom stereocenters. The van der Waals surface area contributed by atoms with E-state index in [-0.39, 0.29) is 25.7 Å². The Morgan fingerprint density at radius 1 is 0.346 bits per heavy atom. The molecule has 0 saturated carbocycles. The zero-order valence-corrected chi connectivity index (χ0v) is 51.7. The number of carbonyl (C=O) groups is 4. The second kappa shape index (κ2) is 51.9. The lowest BCUT2D eigenvalue weighted by molar-refractivity contribution is -0.161. The van der Waals surface area contributed by atoms with Gasteiger partial charge in [0.1, 0.15) is 19.3 Å². The quantitative estimate of drug-likeness (QED) is 0.0222. The Morgan fingerprint density at radius 2 is 0.590 bits per heavy atom. The summed E-state index contributed by atoms with van der Waals surface area (Å²) in [6, 6.07) is 0. The molecule has 0 heterocycles. The van der Waals surface area contributed by atoms with E-state index in [0.717, 1.165) is 102 Å². The minimum Gasteiger partial charge on any atom is -0.462 e. The highest BCUT2D eigenvalue weighted by Crippen LogP contribution is 2.45. The van der Waals surface area contributed by atoms with Gasteiger partial charge in [-0.3, -0.25) is 37.3 Å². The Kier molecular flexibility index (Phi) is 50.6. The van der Waals surface area contributed by atoms with Gasteiger partial charge in [0, 0.05) is 25.7 Å². The van der Waals surface area contributed by atoms with Gasteiger partial charge < -0.3 is 33.8 Å². The van der Waals surface area contributed by atoms with E-state index >= 15 is 0 Å². The topological polar surface area (TPSA) is 237 Å². The smallest absolute Gasteiger partial charge is 0.462 e. The molecule has 0 rings (SSSR count). The maximum Gasteiger partial charge on any atom is 0.472 e. The highest BCUT2D eigenvalue weighted by Gasteiger charge is 2.30. The minimum absolute atomic E-state index is 0.101. The zero-order chi connectivity index (χ0) is 58.0. The van der Waals surface area contributed by atoms with Crippen molar-refractivity contribution in [3.05, 3.63) is 0 Å². The molecule has 3 N–H and O–H groups in total. The van der Waals surface area contributed by atoms with Gasteiger partial charge in [0.25, 0.3) is 0 Å². The lowest BCUT2D eigenvalue weighted by Crippen LogP contribution is -2.30. The van der Waals surface area contributed by atoms with Crippen LogP contribution in [0.25, 0.3) is 0 Å². The number of hydrogen-bond donors (Lipinski definition) is 3. The number of phosphoric ester groups is 2. The third-order valence-corrected chi connectivity index (χ3v) is 15.4. The first-order chi connectivity index (χ1) is 37.4. The first-order valence-corrected chi connectivity index (χ1v) is 34.0. The Bertz CT molecular complexity index is 1550. The number of phosphoric acid groups is 2. The van der Waals surface area contributed by atoms with E-state index < -0.39 is 97.5 Å². The van der Waals surface area contributed by atoms with E-state index in [2.05, 4.69) is 41.5 Å². The summed E-state index contributed by atoms with van der Waals surface area (Å²) in [7, 11) is -9.87. The molecule has 0 spiro atoms. The van der Waals surface area contributed by atoms with E-state index in [0.29, 0.717) is 31.6 Å². The van der Waals surface area contributed by atoms with Crippen LogP contribution in [-0.2, 0) is 65.4 Å². The number of rotatable bonds is 58. The van der Waals surface area contributed by atoms with Crippen molar-refractivity contribution in [1.82, 2.24) is 0 Å². The van der Waals surface area contributed by atoms with Crippen molar-refractivity contribution < 1.29 is 80.2 Å². The van der Waals surface area contributed by atoms with Crippen LogP contribution in [0.2, 0.25) is 0 Å². The molecular formula is C59H114O17P2. The third-order valence-electron chi connectivity index (χ3n) is 13.5. The fraction of sp³-hybridized carbons (Fsp3) is 0.932. The Hall–Kier alpha value is -1.94. The van der Waals surface area contributed by atoms with E-state index in [1.54, 1.807) is 0 Å². The maximum atomic E-state index is 12.9. The number of aliphatic hydroxyl groups excluding tert-OH is 1. The van der Waals surface area contributed by atoms with Gasteiger partial charge in [0.2, 0.25) is 0 Å². The van der Waals surface area contributed by atoms with Crippen LogP contribution in [0.5, 0.6) is 0 Å². The van der Waals surface area contributed by atoms with Crippen molar-refractivity contribution in [2.75, 3.05) is 39.6 Å². The van der Waals surface area contributed by atoms with Gasteiger partial charge in [-0.15, -0.1) is 0 Å². The molecule has 0 fully saturated rings. The Labute approximate surface area is 473 Å². The van der Waals surface area contributed by atoms with Crippen LogP contribution in [0.4, 0.5) is 0 Å². The van der Waals surface area contributed by atoms with Gasteiger partial charge in [-0.25, -0.2) is 9.13 Å². The largest absolute Gasteiger partial charge is 0.472 e. The van der Waals surface area contributed by atoms with Crippen LogP contribution in [-0.4, -0.2) is 96.7 Å². The van der Waals surface area contributed by atoms with Gasteiger partial charge >= 0.3 is 39.5 Å². The van der Waals surface area contributed by atoms with Crippen molar-refractivity contribution >= 4 is 39.5 Å². The van der Waals surface area contributed by atoms with Crippen LogP contribution in [0.15, 0.2) is 0 Å². The van der Waals surface area contributed by atoms with Gasteiger partial charge in [-0.1, -0.05) is 234 Å². The normalized spacial score (nSPS) is 14.4. The van der Waals surface area contributed by atoms with Crippen molar-refractivity contribution in [3.63, 3.8) is 0 Å². The van der Waals surface area contributed by atoms with Crippen LogP contribution < -0.4 is 0 Å². The molecule has 0 radical (unpaired) electrons. The van der Waals surface area contributed by atoms with Gasteiger partial charge in [-0.2, -0.15) is 0 Å². The molecule has 0 amide bonds. The molecule has 0 bridgehead atoms. The molecule has 17 nitrogen and oxygen atoms in total. The summed E-state index contributed by atoms with van der Waals surface area (Å²) in [5.74, 6) is -0.749. The Morgan fingerprint density at radius 3 is 0.872 bits per heavy atom. The molecular weight excluding hydrogens is 1040 g/mol. The first kappa shape index (κ1) is 76.1. The average molecular weight is 1160 g/mol. The fourth-order valence-electron chi connectivity index (χ4n) is 8.65. The molecule has 0 aromatic heterocycles. The predicted molar refractivity (Wildman–Crippen MR) is 308 cm³/mol. The van der Waals surface area contributed by atoms with E-state index in [1.807, 2.05) is 0 Å². The predicted octanol–water partition coefficient (Wildman–Crippen LogP) is 15.7. The highest BCUT2D eigenvalue weighted by molar-refractivity contribution is 7.47. The fourth-order valence-corrected chi connectivity index (χ4v) is 10.2. The number of esters is 4. The number of carbonyl (C=O) groups excluding carboxylic acids is 4. The molecule has 2 unspecified atom stereocenters. The summed E-state index contributed by atoms with van der Waals surface area (Å²) in [6.45, 7) is 9.25. The number of hydrogen-bond acceptors (Lipinski definition) is 15. The molecule has 0 aromatic rings.